The van der Waals surface area contributed by atoms with Crippen molar-refractivity contribution in [3.63, 3.8) is 0 Å². The maximum atomic E-state index is 4.38. The van der Waals surface area contributed by atoms with E-state index >= 15 is 0 Å². The summed E-state index contributed by atoms with van der Waals surface area (Å²) < 4.78 is 1.25. The van der Waals surface area contributed by atoms with E-state index in [0.717, 1.165) is 6.54 Å². The van der Waals surface area contributed by atoms with Crippen molar-refractivity contribution in [3.05, 3.63) is 50.9 Å². The summed E-state index contributed by atoms with van der Waals surface area (Å²) in [5, 5.41) is 6.97. The number of thiazole rings is 1. The van der Waals surface area contributed by atoms with E-state index in [9.17, 15) is 0 Å². The molecule has 1 heterocycles. The number of nitrogens with one attached hydrogen (secondary N) is 1. The quantitative estimate of drug-likeness (QED) is 0.855. The molecule has 1 atom stereocenters. The predicted octanol–water partition coefficient (Wildman–Crippen LogP) is 4.54. The lowest BCUT2D eigenvalue weighted by Crippen LogP contribution is -2.41. The minimum Gasteiger partial charge on any atom is -0.313 e. The Kier molecular flexibility index (Phi) is 4.54. The average molecular weight is 351 g/mol. The molecule has 3 rings (SSSR count). The third kappa shape index (κ3) is 3.13. The fraction of sp³-hybridized carbons (Fsp3) is 0.438. The summed E-state index contributed by atoms with van der Waals surface area (Å²) >= 11 is 5.40. The number of halogens is 1. The molecule has 0 aliphatic heterocycles. The monoisotopic (exact) mass is 350 g/mol. The van der Waals surface area contributed by atoms with Crippen molar-refractivity contribution in [1.82, 2.24) is 10.3 Å². The Bertz CT molecular complexity index is 549. The standard InChI is InChI=1S/C16H19BrN2S/c1-11(16-18-6-7-20-16)10-19-13-8-12(9-13)14-4-2-3-5-15(14)17/h2-7,11-13,19H,8-10H2,1H3. The summed E-state index contributed by atoms with van der Waals surface area (Å²) in [6.45, 7) is 3.27. The Morgan fingerprint density at radius 2 is 2.20 bits per heavy atom. The fourth-order valence-corrected chi connectivity index (χ4v) is 4.06. The molecular formula is C16H19BrN2S. The van der Waals surface area contributed by atoms with Gasteiger partial charge in [0, 0.05) is 34.6 Å². The van der Waals surface area contributed by atoms with E-state index in [4.69, 9.17) is 0 Å². The number of benzene rings is 1. The largest absolute Gasteiger partial charge is 0.313 e. The van der Waals surface area contributed by atoms with Crippen LogP contribution in [0.15, 0.2) is 40.3 Å². The third-order valence-corrected chi connectivity index (χ3v) is 5.80. The number of rotatable bonds is 5. The number of aromatic nitrogens is 1. The molecule has 0 amide bonds. The Balaban J connectivity index is 1.46. The van der Waals surface area contributed by atoms with Crippen LogP contribution in [-0.2, 0) is 0 Å². The number of hydrogen-bond acceptors (Lipinski definition) is 3. The molecule has 1 aliphatic carbocycles. The molecule has 106 valence electrons. The molecule has 1 fully saturated rings. The van der Waals surface area contributed by atoms with Gasteiger partial charge in [0.1, 0.15) is 0 Å². The van der Waals surface area contributed by atoms with Gasteiger partial charge in [0.15, 0.2) is 0 Å². The predicted molar refractivity (Wildman–Crippen MR) is 88.4 cm³/mol. The molecule has 0 bridgehead atoms. The van der Waals surface area contributed by atoms with Gasteiger partial charge in [-0.25, -0.2) is 4.98 Å². The van der Waals surface area contributed by atoms with Crippen molar-refractivity contribution < 1.29 is 0 Å². The van der Waals surface area contributed by atoms with E-state index in [1.807, 2.05) is 6.20 Å². The third-order valence-electron chi connectivity index (χ3n) is 4.07. The summed E-state index contributed by atoms with van der Waals surface area (Å²) in [5.41, 5.74) is 1.46. The van der Waals surface area contributed by atoms with Gasteiger partial charge in [0.05, 0.1) is 5.01 Å². The average Bonchev–Trinajstić information content (AvgIpc) is 2.92. The van der Waals surface area contributed by atoms with Crippen LogP contribution in [0.5, 0.6) is 0 Å². The van der Waals surface area contributed by atoms with Gasteiger partial charge < -0.3 is 5.32 Å². The van der Waals surface area contributed by atoms with E-state index in [0.29, 0.717) is 17.9 Å². The highest BCUT2D eigenvalue weighted by Crippen LogP contribution is 2.40. The van der Waals surface area contributed by atoms with Crippen LogP contribution in [0.25, 0.3) is 0 Å². The first-order valence-electron chi connectivity index (χ1n) is 7.11. The molecule has 0 spiro atoms. The molecule has 1 N–H and O–H groups in total. The molecule has 1 aromatic heterocycles. The molecular weight excluding hydrogens is 332 g/mol. The molecule has 20 heavy (non-hydrogen) atoms. The van der Waals surface area contributed by atoms with Crippen LogP contribution < -0.4 is 5.32 Å². The lowest BCUT2D eigenvalue weighted by molar-refractivity contribution is 0.287. The van der Waals surface area contributed by atoms with Gasteiger partial charge in [-0.05, 0) is 30.4 Å². The van der Waals surface area contributed by atoms with Gasteiger partial charge in [0.2, 0.25) is 0 Å². The topological polar surface area (TPSA) is 24.9 Å². The highest BCUT2D eigenvalue weighted by molar-refractivity contribution is 9.10. The van der Waals surface area contributed by atoms with Crippen molar-refractivity contribution in [2.24, 2.45) is 0 Å². The zero-order valence-electron chi connectivity index (χ0n) is 11.6. The summed E-state index contributed by atoms with van der Waals surface area (Å²) in [5.74, 6) is 1.22. The van der Waals surface area contributed by atoms with Gasteiger partial charge in [-0.2, -0.15) is 0 Å². The SMILES string of the molecule is CC(CNC1CC(c2ccccc2Br)C1)c1nccs1. The van der Waals surface area contributed by atoms with Crippen LogP contribution in [0.1, 0.15) is 42.2 Å². The lowest BCUT2D eigenvalue weighted by atomic mass is 9.76. The Morgan fingerprint density at radius 1 is 1.40 bits per heavy atom. The van der Waals surface area contributed by atoms with Crippen molar-refractivity contribution in [2.45, 2.75) is 37.6 Å². The first kappa shape index (κ1) is 14.2. The van der Waals surface area contributed by atoms with Gasteiger partial charge in [-0.15, -0.1) is 11.3 Å². The molecule has 2 nitrogen and oxygen atoms in total. The maximum Gasteiger partial charge on any atom is 0.0965 e. The highest BCUT2D eigenvalue weighted by Gasteiger charge is 2.31. The number of hydrogen-bond donors (Lipinski definition) is 1. The van der Waals surface area contributed by atoms with Crippen molar-refractivity contribution in [1.29, 1.82) is 0 Å². The van der Waals surface area contributed by atoms with Crippen LogP contribution in [0.3, 0.4) is 0 Å². The first-order valence-corrected chi connectivity index (χ1v) is 8.78. The zero-order valence-corrected chi connectivity index (χ0v) is 14.0. The van der Waals surface area contributed by atoms with Crippen LogP contribution in [0.2, 0.25) is 0 Å². The van der Waals surface area contributed by atoms with Crippen LogP contribution >= 0.6 is 27.3 Å². The van der Waals surface area contributed by atoms with Gasteiger partial charge in [0.25, 0.3) is 0 Å². The molecule has 0 saturated heterocycles. The van der Waals surface area contributed by atoms with Gasteiger partial charge >= 0.3 is 0 Å². The smallest absolute Gasteiger partial charge is 0.0965 e. The fourth-order valence-electron chi connectivity index (χ4n) is 2.75. The lowest BCUT2D eigenvalue weighted by Gasteiger charge is -2.37. The molecule has 4 heteroatoms. The molecule has 1 aliphatic rings. The Labute approximate surface area is 132 Å². The Morgan fingerprint density at radius 3 is 2.90 bits per heavy atom. The van der Waals surface area contributed by atoms with Crippen LogP contribution in [-0.4, -0.2) is 17.6 Å². The second-order valence-corrected chi connectivity index (χ2v) is 7.35. The molecule has 0 radical (unpaired) electrons. The zero-order chi connectivity index (χ0) is 13.9. The summed E-state index contributed by atoms with van der Waals surface area (Å²) in [6.07, 6.45) is 4.38. The Hall–Kier alpha value is -0.710. The van der Waals surface area contributed by atoms with E-state index < -0.39 is 0 Å². The van der Waals surface area contributed by atoms with E-state index in [1.165, 1.54) is 27.9 Å². The van der Waals surface area contributed by atoms with E-state index in [-0.39, 0.29) is 0 Å². The summed E-state index contributed by atoms with van der Waals surface area (Å²) in [4.78, 5) is 4.38. The first-order chi connectivity index (χ1) is 9.74. The molecule has 1 aromatic carbocycles. The number of nitrogens with zero attached hydrogens (tertiary/aromatic N) is 1. The van der Waals surface area contributed by atoms with Crippen molar-refractivity contribution in [3.8, 4) is 0 Å². The van der Waals surface area contributed by atoms with E-state index in [2.05, 4.69) is 62.8 Å². The van der Waals surface area contributed by atoms with Gasteiger partial charge in [-0.3, -0.25) is 0 Å². The normalized spacial score (nSPS) is 23.3. The van der Waals surface area contributed by atoms with E-state index in [1.54, 1.807) is 11.3 Å². The molecule has 2 aromatic rings. The molecule has 1 saturated carbocycles. The van der Waals surface area contributed by atoms with Crippen LogP contribution in [0, 0.1) is 0 Å². The summed E-state index contributed by atoms with van der Waals surface area (Å²) in [6, 6.07) is 9.25. The molecule has 1 unspecified atom stereocenters. The van der Waals surface area contributed by atoms with Crippen molar-refractivity contribution in [2.75, 3.05) is 6.54 Å². The van der Waals surface area contributed by atoms with Crippen molar-refractivity contribution >= 4 is 27.3 Å². The second kappa shape index (κ2) is 6.37. The maximum absolute atomic E-state index is 4.38. The highest BCUT2D eigenvalue weighted by atomic mass is 79.9. The second-order valence-electron chi connectivity index (χ2n) is 5.57. The minimum absolute atomic E-state index is 0.512. The van der Waals surface area contributed by atoms with Crippen LogP contribution in [0.4, 0.5) is 0 Å². The van der Waals surface area contributed by atoms with Gasteiger partial charge in [-0.1, -0.05) is 41.1 Å². The summed E-state index contributed by atoms with van der Waals surface area (Å²) in [7, 11) is 0. The minimum atomic E-state index is 0.512.